The van der Waals surface area contributed by atoms with Crippen molar-refractivity contribution in [2.45, 2.75) is 31.0 Å². The van der Waals surface area contributed by atoms with Crippen LogP contribution in [0.15, 0.2) is 29.8 Å². The molecule has 2 aromatic heterocycles. The Hall–Kier alpha value is -1.89. The molecule has 0 bridgehead atoms. The van der Waals surface area contributed by atoms with Gasteiger partial charge in [0.2, 0.25) is 5.95 Å². The Morgan fingerprint density at radius 2 is 1.87 bits per heavy atom. The van der Waals surface area contributed by atoms with Crippen LogP contribution < -0.4 is 9.80 Å². The van der Waals surface area contributed by atoms with E-state index in [1.54, 1.807) is 11.8 Å². The zero-order valence-electron chi connectivity index (χ0n) is 13.8. The highest BCUT2D eigenvalue weighted by Gasteiger charge is 2.24. The van der Waals surface area contributed by atoms with Gasteiger partial charge in [-0.05, 0) is 37.7 Å². The van der Waals surface area contributed by atoms with Crippen LogP contribution in [0.25, 0.3) is 0 Å². The monoisotopic (exact) mass is 330 g/mol. The Kier molecular flexibility index (Phi) is 4.95. The third-order valence-corrected chi connectivity index (χ3v) is 4.78. The Balaban J connectivity index is 1.62. The molecule has 0 spiro atoms. The summed E-state index contributed by atoms with van der Waals surface area (Å²) in [6.45, 7) is 3.99. The summed E-state index contributed by atoms with van der Waals surface area (Å²) in [5.41, 5.74) is 1.09. The lowest BCUT2D eigenvalue weighted by molar-refractivity contribution is 0.474. The molecule has 0 radical (unpaired) electrons. The molecule has 1 saturated heterocycles. The van der Waals surface area contributed by atoms with E-state index in [4.69, 9.17) is 0 Å². The lowest BCUT2D eigenvalue weighted by Gasteiger charge is -2.37. The second kappa shape index (κ2) is 7.12. The van der Waals surface area contributed by atoms with E-state index in [-0.39, 0.29) is 0 Å². The number of hydrogen-bond acceptors (Lipinski definition) is 7. The van der Waals surface area contributed by atoms with Gasteiger partial charge in [-0.25, -0.2) is 19.9 Å². The molecule has 6 nitrogen and oxygen atoms in total. The van der Waals surface area contributed by atoms with E-state index in [1.807, 2.05) is 37.8 Å². The van der Waals surface area contributed by atoms with Crippen molar-refractivity contribution < 1.29 is 0 Å². The molecule has 7 heteroatoms. The normalized spacial score (nSPS) is 15.7. The average Bonchev–Trinajstić information content (AvgIpc) is 2.62. The van der Waals surface area contributed by atoms with Crippen LogP contribution in [-0.4, -0.2) is 52.4 Å². The van der Waals surface area contributed by atoms with Crippen molar-refractivity contribution in [3.63, 3.8) is 0 Å². The summed E-state index contributed by atoms with van der Waals surface area (Å²) in [4.78, 5) is 22.2. The zero-order chi connectivity index (χ0) is 16.2. The predicted molar refractivity (Wildman–Crippen MR) is 94.2 cm³/mol. The highest BCUT2D eigenvalue weighted by atomic mass is 32.2. The van der Waals surface area contributed by atoms with Crippen molar-refractivity contribution >= 4 is 23.5 Å². The molecule has 0 unspecified atom stereocenters. The molecule has 0 saturated carbocycles. The van der Waals surface area contributed by atoms with Crippen LogP contribution in [0.5, 0.6) is 0 Å². The van der Waals surface area contributed by atoms with Gasteiger partial charge in [-0.1, -0.05) is 11.8 Å². The van der Waals surface area contributed by atoms with E-state index in [2.05, 4.69) is 36.8 Å². The molecular weight excluding hydrogens is 308 g/mol. The van der Waals surface area contributed by atoms with Crippen molar-refractivity contribution in [1.82, 2.24) is 19.9 Å². The minimum absolute atomic E-state index is 0.468. The molecule has 1 aliphatic heterocycles. The summed E-state index contributed by atoms with van der Waals surface area (Å²) in [6, 6.07) is 2.46. The minimum atomic E-state index is 0.468. The van der Waals surface area contributed by atoms with Gasteiger partial charge in [0.05, 0.1) is 0 Å². The SMILES string of the molecule is CSc1nccc(N2CCC(N(C)c3ncc(C)cn3)CC2)n1. The smallest absolute Gasteiger partial charge is 0.225 e. The van der Waals surface area contributed by atoms with Crippen LogP contribution >= 0.6 is 11.8 Å². The van der Waals surface area contributed by atoms with Gasteiger partial charge in [0.1, 0.15) is 5.82 Å². The largest absolute Gasteiger partial charge is 0.356 e. The molecule has 0 N–H and O–H groups in total. The number of piperidine rings is 1. The minimum Gasteiger partial charge on any atom is -0.356 e. The molecule has 0 aliphatic carbocycles. The highest BCUT2D eigenvalue weighted by Crippen LogP contribution is 2.23. The topological polar surface area (TPSA) is 58.0 Å². The Bertz CT molecular complexity index is 639. The third kappa shape index (κ3) is 3.72. The van der Waals surface area contributed by atoms with Crippen molar-refractivity contribution in [3.05, 3.63) is 30.2 Å². The highest BCUT2D eigenvalue weighted by molar-refractivity contribution is 7.98. The van der Waals surface area contributed by atoms with Crippen molar-refractivity contribution in [1.29, 1.82) is 0 Å². The number of anilines is 2. The Labute approximate surface area is 141 Å². The third-order valence-electron chi connectivity index (χ3n) is 4.22. The molecule has 1 aliphatic rings. The maximum atomic E-state index is 4.59. The van der Waals surface area contributed by atoms with Gasteiger partial charge in [0, 0.05) is 44.8 Å². The fraction of sp³-hybridized carbons (Fsp3) is 0.500. The van der Waals surface area contributed by atoms with E-state index in [0.29, 0.717) is 6.04 Å². The number of nitrogens with zero attached hydrogens (tertiary/aromatic N) is 6. The second-order valence-corrected chi connectivity index (χ2v) is 6.56. The van der Waals surface area contributed by atoms with E-state index in [9.17, 15) is 0 Å². The van der Waals surface area contributed by atoms with Gasteiger partial charge >= 0.3 is 0 Å². The summed E-state index contributed by atoms with van der Waals surface area (Å²) in [5.74, 6) is 1.83. The first-order valence-electron chi connectivity index (χ1n) is 7.81. The van der Waals surface area contributed by atoms with Gasteiger partial charge in [0.15, 0.2) is 5.16 Å². The van der Waals surface area contributed by atoms with E-state index >= 15 is 0 Å². The van der Waals surface area contributed by atoms with Crippen molar-refractivity contribution in [2.24, 2.45) is 0 Å². The molecule has 3 heterocycles. The standard InChI is InChI=1S/C16H22N6S/c1-12-10-18-15(19-11-12)21(2)13-5-8-22(9-6-13)14-4-7-17-16(20-14)23-3/h4,7,10-11,13H,5-6,8-9H2,1-3H3. The van der Waals surface area contributed by atoms with Gasteiger partial charge in [-0.15, -0.1) is 0 Å². The fourth-order valence-electron chi connectivity index (χ4n) is 2.82. The summed E-state index contributed by atoms with van der Waals surface area (Å²) < 4.78 is 0. The fourth-order valence-corrected chi connectivity index (χ4v) is 3.17. The summed E-state index contributed by atoms with van der Waals surface area (Å²) in [6.07, 6.45) is 9.74. The number of rotatable bonds is 4. The maximum Gasteiger partial charge on any atom is 0.225 e. The zero-order valence-corrected chi connectivity index (χ0v) is 14.6. The summed E-state index contributed by atoms with van der Waals surface area (Å²) in [7, 11) is 2.08. The lowest BCUT2D eigenvalue weighted by Crippen LogP contribution is -2.44. The molecular formula is C16H22N6S. The summed E-state index contributed by atoms with van der Waals surface area (Å²) >= 11 is 1.58. The molecule has 122 valence electrons. The Morgan fingerprint density at radius 3 is 2.52 bits per heavy atom. The number of aromatic nitrogens is 4. The van der Waals surface area contributed by atoms with Gasteiger partial charge in [-0.2, -0.15) is 0 Å². The lowest BCUT2D eigenvalue weighted by atomic mass is 10.0. The summed E-state index contributed by atoms with van der Waals surface area (Å²) in [5, 5.41) is 0.829. The first kappa shape index (κ1) is 16.0. The predicted octanol–water partition coefficient (Wildman–Crippen LogP) is 2.40. The molecule has 2 aromatic rings. The second-order valence-electron chi connectivity index (χ2n) is 5.79. The van der Waals surface area contributed by atoms with Gasteiger partial charge < -0.3 is 9.80 Å². The molecule has 3 rings (SSSR count). The van der Waals surface area contributed by atoms with Crippen LogP contribution in [0.1, 0.15) is 18.4 Å². The molecule has 0 amide bonds. The molecule has 0 aromatic carbocycles. The van der Waals surface area contributed by atoms with Crippen LogP contribution in [0.3, 0.4) is 0 Å². The molecule has 0 atom stereocenters. The Morgan fingerprint density at radius 1 is 1.17 bits per heavy atom. The number of thioether (sulfide) groups is 1. The molecule has 1 fully saturated rings. The first-order valence-corrected chi connectivity index (χ1v) is 9.03. The number of hydrogen-bond donors (Lipinski definition) is 0. The van der Waals surface area contributed by atoms with E-state index < -0.39 is 0 Å². The van der Waals surface area contributed by atoms with E-state index in [1.165, 1.54) is 0 Å². The van der Waals surface area contributed by atoms with Gasteiger partial charge in [-0.3, -0.25) is 0 Å². The van der Waals surface area contributed by atoms with Crippen molar-refractivity contribution in [2.75, 3.05) is 36.2 Å². The van der Waals surface area contributed by atoms with Crippen LogP contribution in [-0.2, 0) is 0 Å². The maximum absolute atomic E-state index is 4.59. The average molecular weight is 330 g/mol. The van der Waals surface area contributed by atoms with Crippen molar-refractivity contribution in [3.8, 4) is 0 Å². The quantitative estimate of drug-likeness (QED) is 0.630. The molecule has 23 heavy (non-hydrogen) atoms. The van der Waals surface area contributed by atoms with Crippen LogP contribution in [0.4, 0.5) is 11.8 Å². The first-order chi connectivity index (χ1) is 11.2. The number of aryl methyl sites for hydroxylation is 1. The van der Waals surface area contributed by atoms with Gasteiger partial charge in [0.25, 0.3) is 0 Å². The van der Waals surface area contributed by atoms with Crippen LogP contribution in [0, 0.1) is 6.92 Å². The van der Waals surface area contributed by atoms with Crippen LogP contribution in [0.2, 0.25) is 0 Å². The van der Waals surface area contributed by atoms with E-state index in [0.717, 1.165) is 48.4 Å².